The summed E-state index contributed by atoms with van der Waals surface area (Å²) in [5.74, 6) is 0. The van der Waals surface area contributed by atoms with Crippen LogP contribution in [0, 0.1) is 0 Å². The number of hydrogen-bond acceptors (Lipinski definition) is 3. The first-order valence-corrected chi connectivity index (χ1v) is 6.22. The summed E-state index contributed by atoms with van der Waals surface area (Å²) in [6.45, 7) is 0. The summed E-state index contributed by atoms with van der Waals surface area (Å²) in [6.07, 6.45) is -1.60. The van der Waals surface area contributed by atoms with Crippen molar-refractivity contribution >= 4 is 26.9 Å². The van der Waals surface area contributed by atoms with Crippen molar-refractivity contribution in [1.29, 1.82) is 0 Å². The van der Waals surface area contributed by atoms with Gasteiger partial charge in [0.25, 0.3) is 10.0 Å². The van der Waals surface area contributed by atoms with Gasteiger partial charge >= 0.3 is 6.09 Å². The van der Waals surface area contributed by atoms with Crippen LogP contribution in [0.25, 0.3) is 10.8 Å². The lowest BCUT2D eigenvalue weighted by Crippen LogP contribution is -2.28. The van der Waals surface area contributed by atoms with E-state index in [2.05, 4.69) is 0 Å². The van der Waals surface area contributed by atoms with Gasteiger partial charge in [-0.05, 0) is 22.9 Å². The normalized spacial score (nSPS) is 11.3. The molecule has 2 aromatic rings. The Balaban J connectivity index is 2.53. The lowest BCUT2D eigenvalue weighted by Gasteiger charge is -2.04. The van der Waals surface area contributed by atoms with E-state index in [4.69, 9.17) is 5.11 Å². The Morgan fingerprint density at radius 3 is 2.35 bits per heavy atom. The molecule has 17 heavy (non-hydrogen) atoms. The lowest BCUT2D eigenvalue weighted by molar-refractivity contribution is 0.201. The monoisotopic (exact) mass is 251 g/mol. The highest BCUT2D eigenvalue weighted by molar-refractivity contribution is 7.90. The standard InChI is InChI=1S/C11H9NO4S/c13-11(14)12-17(15,16)10-6-5-8-3-1-2-4-9(8)7-10/h1-7,12H,(H,13,14). The third kappa shape index (κ3) is 2.36. The number of nitrogens with one attached hydrogen (secondary N) is 1. The van der Waals surface area contributed by atoms with Gasteiger partial charge in [0.1, 0.15) is 0 Å². The molecule has 0 aliphatic carbocycles. The Hall–Kier alpha value is -2.08. The molecular weight excluding hydrogens is 242 g/mol. The van der Waals surface area contributed by atoms with E-state index in [0.29, 0.717) is 0 Å². The number of carbonyl (C=O) groups is 1. The minimum atomic E-state index is -4.00. The van der Waals surface area contributed by atoms with Crippen LogP contribution in [0.5, 0.6) is 0 Å². The van der Waals surface area contributed by atoms with E-state index in [-0.39, 0.29) is 4.90 Å². The minimum Gasteiger partial charge on any atom is -0.464 e. The van der Waals surface area contributed by atoms with Crippen LogP contribution in [-0.2, 0) is 10.0 Å². The maximum absolute atomic E-state index is 11.6. The maximum atomic E-state index is 11.6. The number of amides is 1. The van der Waals surface area contributed by atoms with Crippen molar-refractivity contribution in [2.24, 2.45) is 0 Å². The zero-order valence-electron chi connectivity index (χ0n) is 8.62. The second kappa shape index (κ2) is 4.06. The zero-order chi connectivity index (χ0) is 12.5. The van der Waals surface area contributed by atoms with Crippen molar-refractivity contribution in [2.75, 3.05) is 0 Å². The molecule has 0 radical (unpaired) electrons. The van der Waals surface area contributed by atoms with Crippen LogP contribution in [0.1, 0.15) is 0 Å². The molecule has 0 heterocycles. The van der Waals surface area contributed by atoms with E-state index < -0.39 is 16.1 Å². The molecule has 0 saturated carbocycles. The van der Waals surface area contributed by atoms with E-state index in [1.165, 1.54) is 16.9 Å². The Morgan fingerprint density at radius 1 is 1.06 bits per heavy atom. The molecule has 88 valence electrons. The van der Waals surface area contributed by atoms with E-state index >= 15 is 0 Å². The molecule has 5 nitrogen and oxygen atoms in total. The highest BCUT2D eigenvalue weighted by Gasteiger charge is 2.16. The molecule has 0 bridgehead atoms. The number of hydrogen-bond donors (Lipinski definition) is 2. The summed E-state index contributed by atoms with van der Waals surface area (Å²) in [4.78, 5) is 10.3. The van der Waals surface area contributed by atoms with Crippen molar-refractivity contribution in [1.82, 2.24) is 4.72 Å². The van der Waals surface area contributed by atoms with Crippen LogP contribution in [0.2, 0.25) is 0 Å². The van der Waals surface area contributed by atoms with Gasteiger partial charge in [0.15, 0.2) is 0 Å². The Morgan fingerprint density at radius 2 is 1.71 bits per heavy atom. The van der Waals surface area contributed by atoms with Gasteiger partial charge in [-0.1, -0.05) is 30.3 Å². The Bertz CT molecular complexity index is 679. The van der Waals surface area contributed by atoms with E-state index in [9.17, 15) is 13.2 Å². The van der Waals surface area contributed by atoms with Gasteiger partial charge in [-0.15, -0.1) is 0 Å². The molecule has 1 amide bonds. The van der Waals surface area contributed by atoms with Crippen molar-refractivity contribution in [3.63, 3.8) is 0 Å². The van der Waals surface area contributed by atoms with Crippen LogP contribution >= 0.6 is 0 Å². The van der Waals surface area contributed by atoms with Gasteiger partial charge in [-0.3, -0.25) is 0 Å². The van der Waals surface area contributed by atoms with Crippen LogP contribution in [-0.4, -0.2) is 19.6 Å². The second-order valence-corrected chi connectivity index (χ2v) is 5.10. The first-order chi connectivity index (χ1) is 7.99. The summed E-state index contributed by atoms with van der Waals surface area (Å²) >= 11 is 0. The number of sulfonamides is 1. The number of rotatable bonds is 2. The highest BCUT2D eigenvalue weighted by atomic mass is 32.2. The Labute approximate surface area is 97.7 Å². The number of fused-ring (bicyclic) bond motifs is 1. The zero-order valence-corrected chi connectivity index (χ0v) is 9.44. The first-order valence-electron chi connectivity index (χ1n) is 4.73. The highest BCUT2D eigenvalue weighted by Crippen LogP contribution is 2.18. The molecule has 2 aromatic carbocycles. The van der Waals surface area contributed by atoms with Crippen molar-refractivity contribution < 1.29 is 18.3 Å². The largest absolute Gasteiger partial charge is 0.464 e. The van der Waals surface area contributed by atoms with E-state index in [1.54, 1.807) is 18.2 Å². The van der Waals surface area contributed by atoms with Crippen molar-refractivity contribution in [2.45, 2.75) is 4.90 Å². The average Bonchev–Trinajstić information content (AvgIpc) is 2.26. The molecule has 0 unspecified atom stereocenters. The van der Waals surface area contributed by atoms with E-state index in [0.717, 1.165) is 10.8 Å². The fourth-order valence-corrected chi connectivity index (χ4v) is 2.39. The molecule has 0 aliphatic heterocycles. The topological polar surface area (TPSA) is 83.5 Å². The SMILES string of the molecule is O=C(O)NS(=O)(=O)c1ccc2ccccc2c1. The quantitative estimate of drug-likeness (QED) is 0.852. The minimum absolute atomic E-state index is 0.0707. The molecule has 0 saturated heterocycles. The van der Waals surface area contributed by atoms with Crippen LogP contribution in [0.15, 0.2) is 47.4 Å². The summed E-state index contributed by atoms with van der Waals surface area (Å²) in [6, 6.07) is 11.7. The third-order valence-corrected chi connectivity index (χ3v) is 3.57. The fourth-order valence-electron chi connectivity index (χ4n) is 1.51. The first kappa shape index (κ1) is 11.4. The molecule has 2 N–H and O–H groups in total. The van der Waals surface area contributed by atoms with Crippen LogP contribution < -0.4 is 4.72 Å². The molecule has 0 aliphatic rings. The Kier molecular flexibility index (Phi) is 2.72. The smallest absolute Gasteiger partial charge is 0.418 e. The molecule has 6 heteroatoms. The van der Waals surface area contributed by atoms with Gasteiger partial charge in [0.05, 0.1) is 4.90 Å². The van der Waals surface area contributed by atoms with Gasteiger partial charge in [0, 0.05) is 0 Å². The average molecular weight is 251 g/mol. The number of carboxylic acid groups (broad SMARTS) is 1. The summed E-state index contributed by atoms with van der Waals surface area (Å²) in [7, 11) is -4.00. The van der Waals surface area contributed by atoms with Gasteiger partial charge in [-0.2, -0.15) is 0 Å². The van der Waals surface area contributed by atoms with Crippen molar-refractivity contribution in [3.8, 4) is 0 Å². The van der Waals surface area contributed by atoms with E-state index in [1.807, 2.05) is 12.1 Å². The second-order valence-electron chi connectivity index (χ2n) is 3.42. The third-order valence-electron chi connectivity index (χ3n) is 2.25. The maximum Gasteiger partial charge on any atom is 0.418 e. The van der Waals surface area contributed by atoms with Gasteiger partial charge in [-0.25, -0.2) is 17.9 Å². The molecule has 0 aromatic heterocycles. The predicted octanol–water partition coefficient (Wildman–Crippen LogP) is 1.80. The summed E-state index contributed by atoms with van der Waals surface area (Å²) in [5.41, 5.74) is 0. The molecule has 0 atom stereocenters. The molecule has 2 rings (SSSR count). The molecular formula is C11H9NO4S. The number of benzene rings is 2. The van der Waals surface area contributed by atoms with Crippen LogP contribution in [0.4, 0.5) is 4.79 Å². The predicted molar refractivity (Wildman–Crippen MR) is 62.3 cm³/mol. The fraction of sp³-hybridized carbons (Fsp3) is 0. The summed E-state index contributed by atoms with van der Waals surface area (Å²) < 4.78 is 24.7. The lowest BCUT2D eigenvalue weighted by atomic mass is 10.1. The summed E-state index contributed by atoms with van der Waals surface area (Å²) in [5, 5.41) is 10.1. The molecule has 0 spiro atoms. The van der Waals surface area contributed by atoms with Gasteiger partial charge in [0.2, 0.25) is 0 Å². The van der Waals surface area contributed by atoms with Crippen molar-refractivity contribution in [3.05, 3.63) is 42.5 Å². The van der Waals surface area contributed by atoms with Gasteiger partial charge < -0.3 is 5.11 Å². The molecule has 0 fully saturated rings. The van der Waals surface area contributed by atoms with Crippen LogP contribution in [0.3, 0.4) is 0 Å².